The van der Waals surface area contributed by atoms with Crippen molar-refractivity contribution in [2.24, 2.45) is 10.8 Å². The summed E-state index contributed by atoms with van der Waals surface area (Å²) in [5, 5.41) is 0. The highest BCUT2D eigenvalue weighted by atomic mass is 127. The molecule has 2 nitrogen and oxygen atoms in total. The normalized spacial score (nSPS) is 19.2. The van der Waals surface area contributed by atoms with Crippen molar-refractivity contribution in [3.8, 4) is 0 Å². The van der Waals surface area contributed by atoms with Gasteiger partial charge in [-0.25, -0.2) is 0 Å². The van der Waals surface area contributed by atoms with E-state index in [2.05, 4.69) is 57.2 Å². The molecule has 2 atom stereocenters. The first-order valence-electron chi connectivity index (χ1n) is 6.76. The van der Waals surface area contributed by atoms with E-state index in [1.54, 1.807) is 0 Å². The minimum atomic E-state index is -0.458. The molecule has 3 heteroatoms. The maximum atomic E-state index is 12.2. The number of hydrogen-bond donors (Lipinski definition) is 0. The van der Waals surface area contributed by atoms with E-state index in [-0.39, 0.29) is 22.9 Å². The minimum absolute atomic E-state index is 0.0471. The molecule has 0 N–H and O–H groups in total. The van der Waals surface area contributed by atoms with Gasteiger partial charge in [0, 0.05) is 0 Å². The number of esters is 1. The molecule has 0 amide bonds. The molecule has 0 aliphatic carbocycles. The van der Waals surface area contributed by atoms with Gasteiger partial charge in [0.05, 0.1) is 6.10 Å². The molecule has 0 heterocycles. The highest BCUT2D eigenvalue weighted by Crippen LogP contribution is 2.49. The van der Waals surface area contributed by atoms with Gasteiger partial charge in [0.15, 0.2) is 0 Å². The highest BCUT2D eigenvalue weighted by Gasteiger charge is 2.44. The Kier molecular flexibility index (Phi) is 6.17. The van der Waals surface area contributed by atoms with Gasteiger partial charge in [-0.15, -0.1) is 0 Å². The summed E-state index contributed by atoms with van der Waals surface area (Å²) in [6.45, 7) is 17.0. The van der Waals surface area contributed by atoms with E-state index >= 15 is 0 Å². The molecule has 0 saturated carbocycles. The lowest BCUT2D eigenvalue weighted by Crippen LogP contribution is -2.42. The van der Waals surface area contributed by atoms with Gasteiger partial charge in [-0.2, -0.15) is 0 Å². The summed E-state index contributed by atoms with van der Waals surface area (Å²) in [7, 11) is 0. The van der Waals surface area contributed by atoms with Crippen molar-refractivity contribution in [2.75, 3.05) is 0 Å². The number of ether oxygens (including phenoxy) is 1. The Morgan fingerprint density at radius 1 is 1.17 bits per heavy atom. The van der Waals surface area contributed by atoms with Crippen molar-refractivity contribution in [3.05, 3.63) is 0 Å². The van der Waals surface area contributed by atoms with Crippen LogP contribution >= 0.6 is 22.6 Å². The van der Waals surface area contributed by atoms with Crippen LogP contribution in [0.2, 0.25) is 0 Å². The van der Waals surface area contributed by atoms with Gasteiger partial charge in [-0.05, 0) is 38.0 Å². The monoisotopic (exact) mass is 368 g/mol. The van der Waals surface area contributed by atoms with Crippen LogP contribution in [0.5, 0.6) is 0 Å². The average molecular weight is 368 g/mol. The second-order valence-corrected chi connectivity index (χ2v) is 9.37. The van der Waals surface area contributed by atoms with Crippen LogP contribution in [-0.4, -0.2) is 15.5 Å². The first-order valence-corrected chi connectivity index (χ1v) is 7.83. The molecule has 0 fully saturated rings. The molecule has 18 heavy (non-hydrogen) atoms. The van der Waals surface area contributed by atoms with Crippen LogP contribution in [0.4, 0.5) is 0 Å². The van der Waals surface area contributed by atoms with E-state index in [4.69, 9.17) is 4.74 Å². The van der Waals surface area contributed by atoms with Crippen molar-refractivity contribution >= 4 is 28.6 Å². The lowest BCUT2D eigenvalue weighted by atomic mass is 9.62. The first-order chi connectivity index (χ1) is 7.85. The largest absolute Gasteiger partial charge is 0.462 e. The van der Waals surface area contributed by atoms with Gasteiger partial charge in [-0.1, -0.05) is 63.6 Å². The fourth-order valence-electron chi connectivity index (χ4n) is 2.06. The standard InChI is InChI=1S/C15H29IO2/c1-9-14(7,13(4,5)6)10-15(8,16)12(17)18-11(2)3/h11H,9-10H2,1-8H3/t14-,15?/m0/s1. The molecule has 0 rings (SSSR count). The Balaban J connectivity index is 4.99. The number of carbonyl (C=O) groups is 1. The molecule has 0 aromatic carbocycles. The van der Waals surface area contributed by atoms with E-state index in [0.29, 0.717) is 0 Å². The SMILES string of the molecule is CC[C@@](C)(CC(C)(I)C(=O)OC(C)C)C(C)(C)C. The quantitative estimate of drug-likeness (QED) is 0.389. The smallest absolute Gasteiger partial charge is 0.322 e. The second-order valence-electron chi connectivity index (χ2n) is 6.99. The Bertz CT molecular complexity index is 289. The molecule has 0 radical (unpaired) electrons. The van der Waals surface area contributed by atoms with E-state index in [0.717, 1.165) is 12.8 Å². The molecule has 0 aliphatic heterocycles. The van der Waals surface area contributed by atoms with Crippen molar-refractivity contribution in [2.45, 2.75) is 77.8 Å². The van der Waals surface area contributed by atoms with Gasteiger partial charge in [0.1, 0.15) is 3.42 Å². The molecule has 1 unspecified atom stereocenters. The van der Waals surface area contributed by atoms with E-state index < -0.39 is 3.42 Å². The predicted molar refractivity (Wildman–Crippen MR) is 86.1 cm³/mol. The Morgan fingerprint density at radius 2 is 1.61 bits per heavy atom. The van der Waals surface area contributed by atoms with Crippen molar-refractivity contribution in [1.82, 2.24) is 0 Å². The zero-order valence-corrected chi connectivity index (χ0v) is 15.3. The topological polar surface area (TPSA) is 26.3 Å². The van der Waals surface area contributed by atoms with Crippen LogP contribution < -0.4 is 0 Å². The second kappa shape index (κ2) is 6.10. The summed E-state index contributed by atoms with van der Waals surface area (Å²) in [4.78, 5) is 12.2. The third kappa shape index (κ3) is 4.71. The lowest BCUT2D eigenvalue weighted by molar-refractivity contribution is -0.150. The van der Waals surface area contributed by atoms with Crippen LogP contribution in [0.15, 0.2) is 0 Å². The van der Waals surface area contributed by atoms with Gasteiger partial charge >= 0.3 is 5.97 Å². The van der Waals surface area contributed by atoms with Crippen LogP contribution in [0.1, 0.15) is 68.2 Å². The summed E-state index contributed by atoms with van der Waals surface area (Å²) in [5.41, 5.74) is 0.297. The molecule has 0 saturated heterocycles. The van der Waals surface area contributed by atoms with Crippen molar-refractivity contribution in [1.29, 1.82) is 0 Å². The van der Waals surface area contributed by atoms with Gasteiger partial charge in [0.25, 0.3) is 0 Å². The van der Waals surface area contributed by atoms with Gasteiger partial charge in [-0.3, -0.25) is 4.79 Å². The molecule has 0 bridgehead atoms. The Hall–Kier alpha value is 0.200. The maximum absolute atomic E-state index is 12.2. The summed E-state index contributed by atoms with van der Waals surface area (Å²) in [6.07, 6.45) is 1.85. The van der Waals surface area contributed by atoms with Crippen molar-refractivity contribution < 1.29 is 9.53 Å². The third-order valence-corrected chi connectivity index (χ3v) is 4.90. The predicted octanol–water partition coefficient (Wildman–Crippen LogP) is 4.98. The zero-order chi connectivity index (χ0) is 14.8. The first kappa shape index (κ1) is 18.2. The molecular formula is C15H29IO2. The minimum Gasteiger partial charge on any atom is -0.462 e. The molecule has 0 aromatic rings. The van der Waals surface area contributed by atoms with E-state index in [1.807, 2.05) is 20.8 Å². The highest BCUT2D eigenvalue weighted by molar-refractivity contribution is 14.1. The summed E-state index contributed by atoms with van der Waals surface area (Å²) in [5.74, 6) is -0.0953. The van der Waals surface area contributed by atoms with Crippen LogP contribution in [0.3, 0.4) is 0 Å². The number of hydrogen-bond acceptors (Lipinski definition) is 2. The number of halogens is 1. The number of alkyl halides is 1. The molecule has 0 aliphatic rings. The van der Waals surface area contributed by atoms with Crippen LogP contribution in [0.25, 0.3) is 0 Å². The Morgan fingerprint density at radius 3 is 1.89 bits per heavy atom. The van der Waals surface area contributed by atoms with E-state index in [1.165, 1.54) is 0 Å². The van der Waals surface area contributed by atoms with Crippen molar-refractivity contribution in [3.63, 3.8) is 0 Å². The lowest BCUT2D eigenvalue weighted by Gasteiger charge is -2.45. The summed E-state index contributed by atoms with van der Waals surface area (Å²) in [6, 6.07) is 0. The average Bonchev–Trinajstić information content (AvgIpc) is 2.13. The Labute approximate surface area is 126 Å². The molecule has 0 aromatic heterocycles. The zero-order valence-electron chi connectivity index (χ0n) is 13.2. The molecule has 0 spiro atoms. The molecule has 108 valence electrons. The van der Waals surface area contributed by atoms with Crippen LogP contribution in [0, 0.1) is 10.8 Å². The summed E-state index contributed by atoms with van der Waals surface area (Å²) >= 11 is 2.25. The maximum Gasteiger partial charge on any atom is 0.322 e. The third-order valence-electron chi connectivity index (χ3n) is 4.08. The molecular weight excluding hydrogens is 339 g/mol. The number of carbonyl (C=O) groups excluding carboxylic acids is 1. The van der Waals surface area contributed by atoms with Crippen LogP contribution in [-0.2, 0) is 9.53 Å². The summed E-state index contributed by atoms with van der Waals surface area (Å²) < 4.78 is 4.91. The number of rotatable bonds is 5. The fraction of sp³-hybridized carbons (Fsp3) is 0.933. The van der Waals surface area contributed by atoms with E-state index in [9.17, 15) is 4.79 Å². The fourth-order valence-corrected chi connectivity index (χ4v) is 3.03. The van der Waals surface area contributed by atoms with Gasteiger partial charge < -0.3 is 4.74 Å². The van der Waals surface area contributed by atoms with Gasteiger partial charge in [0.2, 0.25) is 0 Å².